The van der Waals surface area contributed by atoms with Crippen LogP contribution >= 0.6 is 0 Å². The molecule has 0 saturated carbocycles. The second kappa shape index (κ2) is 7.90. The summed E-state index contributed by atoms with van der Waals surface area (Å²) in [7, 11) is 1.62. The predicted octanol–water partition coefficient (Wildman–Crippen LogP) is 4.42. The lowest BCUT2D eigenvalue weighted by Crippen LogP contribution is -2.22. The zero-order chi connectivity index (χ0) is 16.7. The van der Waals surface area contributed by atoms with Gasteiger partial charge in [0.25, 0.3) is 0 Å². The molecule has 2 rings (SSSR count). The molecule has 0 aliphatic carbocycles. The predicted molar refractivity (Wildman–Crippen MR) is 88.4 cm³/mol. The van der Waals surface area contributed by atoms with E-state index < -0.39 is 5.97 Å². The molecule has 0 heterocycles. The molecule has 4 heteroatoms. The van der Waals surface area contributed by atoms with E-state index >= 15 is 0 Å². The van der Waals surface area contributed by atoms with Crippen molar-refractivity contribution in [1.82, 2.24) is 0 Å². The van der Waals surface area contributed by atoms with E-state index in [9.17, 15) is 4.79 Å². The van der Waals surface area contributed by atoms with E-state index in [1.165, 1.54) is 6.61 Å². The Bertz CT molecular complexity index is 618. The van der Waals surface area contributed by atoms with Crippen LogP contribution in [-0.4, -0.2) is 18.7 Å². The Morgan fingerprint density at radius 1 is 1.00 bits per heavy atom. The van der Waals surface area contributed by atoms with Gasteiger partial charge >= 0.3 is 5.97 Å². The average Bonchev–Trinajstić information content (AvgIpc) is 2.59. The summed E-state index contributed by atoms with van der Waals surface area (Å²) >= 11 is 0. The molecule has 0 bridgehead atoms. The number of ether oxygens (including phenoxy) is 1. The molecule has 2 aromatic carbocycles. The van der Waals surface area contributed by atoms with Crippen molar-refractivity contribution in [3.05, 3.63) is 66.8 Å². The Hall–Kier alpha value is -2.17. The Labute approximate surface area is 136 Å². The molecule has 0 saturated heterocycles. The second-order valence-corrected chi connectivity index (χ2v) is 5.74. The summed E-state index contributed by atoms with van der Waals surface area (Å²) in [5, 5.41) is 0. The largest absolute Gasteiger partial charge is 0.379 e. The standard InChI is InChI=1S/C19H21O4/c1-19(2,21-3)13-14-22-23-18(20)17-11-9-16(10-12-17)15-7-5-4-6-8-15/h4-12,14H,13H2,1-3H3. The van der Waals surface area contributed by atoms with Crippen molar-refractivity contribution in [1.29, 1.82) is 0 Å². The van der Waals surface area contributed by atoms with Gasteiger partial charge in [0.2, 0.25) is 0 Å². The molecule has 0 unspecified atom stereocenters. The summed E-state index contributed by atoms with van der Waals surface area (Å²) < 4.78 is 5.23. The summed E-state index contributed by atoms with van der Waals surface area (Å²) in [5.41, 5.74) is 2.21. The Kier molecular flexibility index (Phi) is 5.90. The van der Waals surface area contributed by atoms with Crippen molar-refractivity contribution in [2.24, 2.45) is 0 Å². The zero-order valence-corrected chi connectivity index (χ0v) is 13.6. The quantitative estimate of drug-likeness (QED) is 0.431. The molecule has 4 nitrogen and oxygen atoms in total. The van der Waals surface area contributed by atoms with Crippen LogP contribution in [0, 0.1) is 6.61 Å². The maximum absolute atomic E-state index is 11.9. The highest BCUT2D eigenvalue weighted by atomic mass is 17.2. The number of carbonyl (C=O) groups excluding carboxylic acids is 1. The first-order chi connectivity index (χ1) is 11.0. The number of carbonyl (C=O) groups is 1. The van der Waals surface area contributed by atoms with Crippen molar-refractivity contribution in [3.63, 3.8) is 0 Å². The third-order valence-electron chi connectivity index (χ3n) is 3.55. The molecule has 0 amide bonds. The molecule has 2 aromatic rings. The van der Waals surface area contributed by atoms with Crippen LogP contribution in [0.25, 0.3) is 11.1 Å². The molecular weight excluding hydrogens is 292 g/mol. The van der Waals surface area contributed by atoms with Crippen LogP contribution in [0.2, 0.25) is 0 Å². The Balaban J connectivity index is 1.86. The molecule has 23 heavy (non-hydrogen) atoms. The van der Waals surface area contributed by atoms with Gasteiger partial charge < -0.3 is 4.74 Å². The normalized spacial score (nSPS) is 11.3. The van der Waals surface area contributed by atoms with Gasteiger partial charge in [0, 0.05) is 13.5 Å². The van der Waals surface area contributed by atoms with Crippen LogP contribution in [0.4, 0.5) is 0 Å². The van der Waals surface area contributed by atoms with Crippen molar-refractivity contribution in [2.45, 2.75) is 25.9 Å². The van der Waals surface area contributed by atoms with E-state index in [-0.39, 0.29) is 5.60 Å². The van der Waals surface area contributed by atoms with Crippen LogP contribution in [0.1, 0.15) is 30.6 Å². The van der Waals surface area contributed by atoms with E-state index in [4.69, 9.17) is 14.5 Å². The molecule has 0 aromatic heterocycles. The smallest absolute Gasteiger partial charge is 0.373 e. The summed E-state index contributed by atoms with van der Waals surface area (Å²) in [6.45, 7) is 5.24. The van der Waals surface area contributed by atoms with Crippen LogP contribution in [-0.2, 0) is 14.5 Å². The maximum Gasteiger partial charge on any atom is 0.373 e. The molecule has 0 aliphatic heterocycles. The molecule has 0 spiro atoms. The summed E-state index contributed by atoms with van der Waals surface area (Å²) in [6, 6.07) is 17.1. The van der Waals surface area contributed by atoms with E-state index in [1.807, 2.05) is 56.3 Å². The Morgan fingerprint density at radius 2 is 1.61 bits per heavy atom. The minimum Gasteiger partial charge on any atom is -0.379 e. The van der Waals surface area contributed by atoms with E-state index in [1.54, 1.807) is 19.2 Å². The average molecular weight is 313 g/mol. The van der Waals surface area contributed by atoms with E-state index in [0.29, 0.717) is 12.0 Å². The number of methoxy groups -OCH3 is 1. The lowest BCUT2D eigenvalue weighted by Gasteiger charge is -2.21. The van der Waals surface area contributed by atoms with Crippen LogP contribution in [0.5, 0.6) is 0 Å². The second-order valence-electron chi connectivity index (χ2n) is 5.74. The first-order valence-electron chi connectivity index (χ1n) is 7.42. The van der Waals surface area contributed by atoms with Gasteiger partial charge in [-0.15, -0.1) is 0 Å². The van der Waals surface area contributed by atoms with Gasteiger partial charge in [-0.05, 0) is 37.1 Å². The fourth-order valence-corrected chi connectivity index (χ4v) is 1.87. The SMILES string of the molecule is COC(C)(C)C[CH]OOC(=O)c1ccc(-c2ccccc2)cc1. The molecular formula is C19H21O4. The molecule has 0 aliphatic rings. The van der Waals surface area contributed by atoms with Gasteiger partial charge in [0.15, 0.2) is 0 Å². The number of hydrogen-bond donors (Lipinski definition) is 0. The van der Waals surface area contributed by atoms with Crippen molar-refractivity contribution >= 4 is 5.97 Å². The monoisotopic (exact) mass is 313 g/mol. The van der Waals surface area contributed by atoms with Gasteiger partial charge in [-0.2, -0.15) is 4.89 Å². The molecule has 0 fully saturated rings. The molecule has 1 radical (unpaired) electrons. The first-order valence-corrected chi connectivity index (χ1v) is 7.42. The van der Waals surface area contributed by atoms with Crippen molar-refractivity contribution in [3.8, 4) is 11.1 Å². The minimum atomic E-state index is -0.531. The van der Waals surface area contributed by atoms with Gasteiger partial charge in [-0.1, -0.05) is 42.5 Å². The number of benzene rings is 2. The van der Waals surface area contributed by atoms with Gasteiger partial charge in [-0.3, -0.25) is 4.89 Å². The lowest BCUT2D eigenvalue weighted by atomic mass is 10.0. The van der Waals surface area contributed by atoms with E-state index in [0.717, 1.165) is 11.1 Å². The Morgan fingerprint density at radius 3 is 2.22 bits per heavy atom. The summed E-state index contributed by atoms with van der Waals surface area (Å²) in [4.78, 5) is 21.5. The minimum absolute atomic E-state index is 0.357. The zero-order valence-electron chi connectivity index (χ0n) is 13.6. The third-order valence-corrected chi connectivity index (χ3v) is 3.55. The van der Waals surface area contributed by atoms with Crippen molar-refractivity contribution < 1.29 is 19.3 Å². The van der Waals surface area contributed by atoms with Crippen LogP contribution in [0.3, 0.4) is 0 Å². The number of rotatable bonds is 7. The number of hydrogen-bond acceptors (Lipinski definition) is 4. The fraction of sp³-hybridized carbons (Fsp3) is 0.263. The fourth-order valence-electron chi connectivity index (χ4n) is 1.87. The van der Waals surface area contributed by atoms with Gasteiger partial charge in [0.1, 0.15) is 6.61 Å². The summed E-state index contributed by atoms with van der Waals surface area (Å²) in [6.07, 6.45) is 0.504. The third kappa shape index (κ3) is 5.20. The van der Waals surface area contributed by atoms with E-state index in [2.05, 4.69) is 0 Å². The highest BCUT2D eigenvalue weighted by Crippen LogP contribution is 2.20. The van der Waals surface area contributed by atoms with Crippen LogP contribution < -0.4 is 0 Å². The van der Waals surface area contributed by atoms with Crippen LogP contribution in [0.15, 0.2) is 54.6 Å². The topological polar surface area (TPSA) is 44.8 Å². The first kappa shape index (κ1) is 17.2. The van der Waals surface area contributed by atoms with Gasteiger partial charge in [-0.25, -0.2) is 4.79 Å². The molecule has 121 valence electrons. The summed E-state index contributed by atoms with van der Waals surface area (Å²) in [5.74, 6) is -0.531. The molecule has 0 atom stereocenters. The maximum atomic E-state index is 11.9. The molecule has 0 N–H and O–H groups in total. The highest BCUT2D eigenvalue weighted by molar-refractivity contribution is 5.89. The lowest BCUT2D eigenvalue weighted by molar-refractivity contribution is -0.218. The highest BCUT2D eigenvalue weighted by Gasteiger charge is 2.17. The van der Waals surface area contributed by atoms with Crippen molar-refractivity contribution in [2.75, 3.05) is 7.11 Å². The van der Waals surface area contributed by atoms with Gasteiger partial charge in [0.05, 0.1) is 11.2 Å².